The molecule has 32 heavy (non-hydrogen) atoms. The molecule has 8 nitrogen and oxygen atoms in total. The number of allylic oxidation sites excluding steroid dienone is 2. The van der Waals surface area contributed by atoms with Gasteiger partial charge in [0.2, 0.25) is 0 Å². The Morgan fingerprint density at radius 1 is 1.22 bits per heavy atom. The zero-order chi connectivity index (χ0) is 22.8. The summed E-state index contributed by atoms with van der Waals surface area (Å²) in [6, 6.07) is 7.16. The van der Waals surface area contributed by atoms with E-state index in [1.54, 1.807) is 12.1 Å². The normalized spacial score (nSPS) is 24.0. The Balaban J connectivity index is 1.63. The van der Waals surface area contributed by atoms with Crippen molar-refractivity contribution < 1.29 is 19.4 Å². The fraction of sp³-hybridized carbons (Fsp3) is 0.583. The molecule has 1 saturated heterocycles. The standard InChI is InChI=1S/C24H32N4O4/c25-27-26-19-12-10-18(11-13-19)17-32-22-16-21(29)24(28-14-6-3-7-15-28)20(22)8-4-1-2-5-9-23(30)31/h1,4,10-13,20,22,24H,2-3,5-9,14-17H2,(H,30,31)/t20-,22-,24+/m1/s1. The van der Waals surface area contributed by atoms with E-state index in [1.165, 1.54) is 6.42 Å². The van der Waals surface area contributed by atoms with Crippen molar-refractivity contribution in [3.8, 4) is 0 Å². The van der Waals surface area contributed by atoms with Crippen LogP contribution < -0.4 is 0 Å². The highest BCUT2D eigenvalue weighted by molar-refractivity contribution is 5.87. The Bertz CT molecular complexity index is 842. The Kier molecular flexibility index (Phi) is 9.28. The number of carbonyl (C=O) groups excluding carboxylic acids is 1. The Hall–Kier alpha value is -2.67. The van der Waals surface area contributed by atoms with Crippen LogP contribution in [-0.4, -0.2) is 47.0 Å². The molecule has 0 spiro atoms. The lowest BCUT2D eigenvalue weighted by Crippen LogP contribution is -2.46. The van der Waals surface area contributed by atoms with Gasteiger partial charge in [0, 0.05) is 29.4 Å². The van der Waals surface area contributed by atoms with E-state index in [9.17, 15) is 9.59 Å². The molecule has 1 aliphatic heterocycles. The molecule has 2 aliphatic rings. The van der Waals surface area contributed by atoms with Crippen molar-refractivity contribution in [1.29, 1.82) is 0 Å². The third-order valence-electron chi connectivity index (χ3n) is 6.30. The maximum Gasteiger partial charge on any atom is 0.303 e. The number of benzene rings is 1. The number of nitrogens with zero attached hydrogens (tertiary/aromatic N) is 4. The van der Waals surface area contributed by atoms with Gasteiger partial charge in [0.25, 0.3) is 0 Å². The number of unbranched alkanes of at least 4 members (excludes halogenated alkanes) is 1. The molecule has 0 bridgehead atoms. The molecule has 0 unspecified atom stereocenters. The fourth-order valence-corrected chi connectivity index (χ4v) is 4.70. The van der Waals surface area contributed by atoms with E-state index in [1.807, 2.05) is 18.2 Å². The largest absolute Gasteiger partial charge is 0.481 e. The van der Waals surface area contributed by atoms with Gasteiger partial charge in [-0.15, -0.1) is 0 Å². The number of hydrogen-bond donors (Lipinski definition) is 1. The van der Waals surface area contributed by atoms with Crippen LogP contribution in [-0.2, 0) is 20.9 Å². The van der Waals surface area contributed by atoms with Crippen molar-refractivity contribution in [1.82, 2.24) is 4.90 Å². The maximum atomic E-state index is 13.0. The third kappa shape index (κ3) is 6.92. The molecule has 1 aromatic rings. The highest BCUT2D eigenvalue weighted by Crippen LogP contribution is 2.35. The summed E-state index contributed by atoms with van der Waals surface area (Å²) in [5.74, 6) is -0.412. The molecule has 1 saturated carbocycles. The molecule has 1 aliphatic carbocycles. The number of ketones is 1. The van der Waals surface area contributed by atoms with Gasteiger partial charge in [0.05, 0.1) is 18.8 Å². The van der Waals surface area contributed by atoms with E-state index in [0.29, 0.717) is 25.1 Å². The molecule has 172 valence electrons. The molecule has 8 heteroatoms. The lowest BCUT2D eigenvalue weighted by atomic mass is 9.94. The lowest BCUT2D eigenvalue weighted by Gasteiger charge is -2.35. The number of piperidine rings is 1. The molecule has 3 atom stereocenters. The SMILES string of the molecule is [N-]=[N+]=Nc1ccc(CO[C@@H]2CC(=O)[C@@H](N3CCCCC3)[C@@H]2CC=CCCCC(=O)O)cc1. The van der Waals surface area contributed by atoms with Crippen molar-refractivity contribution in [3.05, 3.63) is 52.4 Å². The first-order chi connectivity index (χ1) is 15.6. The summed E-state index contributed by atoms with van der Waals surface area (Å²) in [6.07, 6.45) is 10.2. The van der Waals surface area contributed by atoms with E-state index in [0.717, 1.165) is 44.3 Å². The van der Waals surface area contributed by atoms with Crippen molar-refractivity contribution >= 4 is 17.4 Å². The number of carboxylic acids is 1. The van der Waals surface area contributed by atoms with Gasteiger partial charge in [-0.25, -0.2) is 0 Å². The second-order valence-corrected chi connectivity index (χ2v) is 8.57. The predicted molar refractivity (Wildman–Crippen MR) is 121 cm³/mol. The minimum atomic E-state index is -0.772. The Morgan fingerprint density at radius 3 is 2.66 bits per heavy atom. The second kappa shape index (κ2) is 12.4. The van der Waals surface area contributed by atoms with Crippen LogP contribution in [0.15, 0.2) is 41.5 Å². The monoisotopic (exact) mass is 440 g/mol. The Morgan fingerprint density at radius 2 is 1.97 bits per heavy atom. The van der Waals surface area contributed by atoms with Crippen LogP contribution in [0.4, 0.5) is 5.69 Å². The number of Topliss-reactive ketones (excluding diaryl/α,β-unsaturated/α-hetero) is 1. The van der Waals surface area contributed by atoms with Gasteiger partial charge in [-0.1, -0.05) is 48.0 Å². The van der Waals surface area contributed by atoms with Crippen LogP contribution in [0, 0.1) is 5.92 Å². The number of rotatable bonds is 11. The van der Waals surface area contributed by atoms with Gasteiger partial charge in [-0.3, -0.25) is 14.5 Å². The summed E-state index contributed by atoms with van der Waals surface area (Å²) >= 11 is 0. The number of azide groups is 1. The molecule has 0 radical (unpaired) electrons. The van der Waals surface area contributed by atoms with Gasteiger partial charge in [0.15, 0.2) is 5.78 Å². The van der Waals surface area contributed by atoms with Gasteiger partial charge in [0.1, 0.15) is 0 Å². The number of aliphatic carboxylic acids is 1. The van der Waals surface area contributed by atoms with Crippen LogP contribution in [0.5, 0.6) is 0 Å². The smallest absolute Gasteiger partial charge is 0.303 e. The first-order valence-corrected chi connectivity index (χ1v) is 11.5. The predicted octanol–water partition coefficient (Wildman–Crippen LogP) is 5.16. The van der Waals surface area contributed by atoms with Crippen molar-refractivity contribution in [2.24, 2.45) is 11.0 Å². The molecular weight excluding hydrogens is 408 g/mol. The lowest BCUT2D eigenvalue weighted by molar-refractivity contribution is -0.137. The molecule has 0 amide bonds. The van der Waals surface area contributed by atoms with E-state index >= 15 is 0 Å². The summed E-state index contributed by atoms with van der Waals surface area (Å²) in [5.41, 5.74) is 10.1. The second-order valence-electron chi connectivity index (χ2n) is 8.57. The molecule has 1 N–H and O–H groups in total. The average Bonchev–Trinajstić information content (AvgIpc) is 3.11. The number of carboxylic acid groups (broad SMARTS) is 1. The maximum absolute atomic E-state index is 13.0. The van der Waals surface area contributed by atoms with Crippen molar-refractivity contribution in [2.45, 2.75) is 70.1 Å². The number of hydrogen-bond acceptors (Lipinski definition) is 5. The summed E-state index contributed by atoms with van der Waals surface area (Å²) in [6.45, 7) is 2.33. The highest BCUT2D eigenvalue weighted by atomic mass is 16.5. The molecular formula is C24H32N4O4. The van der Waals surface area contributed by atoms with Crippen molar-refractivity contribution in [3.63, 3.8) is 0 Å². The minimum Gasteiger partial charge on any atom is -0.481 e. The Labute approximate surface area is 188 Å². The van der Waals surface area contributed by atoms with Gasteiger partial charge in [-0.2, -0.15) is 0 Å². The van der Waals surface area contributed by atoms with Crippen molar-refractivity contribution in [2.75, 3.05) is 13.1 Å². The zero-order valence-electron chi connectivity index (χ0n) is 18.4. The first kappa shape index (κ1) is 24.0. The average molecular weight is 441 g/mol. The summed E-state index contributed by atoms with van der Waals surface area (Å²) in [5, 5.41) is 12.4. The van der Waals surface area contributed by atoms with E-state index in [4.69, 9.17) is 15.4 Å². The molecule has 0 aromatic heterocycles. The third-order valence-corrected chi connectivity index (χ3v) is 6.30. The van der Waals surface area contributed by atoms with E-state index in [2.05, 4.69) is 21.0 Å². The van der Waals surface area contributed by atoms with Crippen LogP contribution in [0.3, 0.4) is 0 Å². The number of carbonyl (C=O) groups is 2. The van der Waals surface area contributed by atoms with Gasteiger partial charge < -0.3 is 9.84 Å². The molecule has 3 rings (SSSR count). The summed E-state index contributed by atoms with van der Waals surface area (Å²) < 4.78 is 6.24. The molecule has 1 aromatic carbocycles. The van der Waals surface area contributed by atoms with Crippen LogP contribution in [0.1, 0.15) is 56.9 Å². The van der Waals surface area contributed by atoms with Gasteiger partial charge in [-0.05, 0) is 56.3 Å². The summed E-state index contributed by atoms with van der Waals surface area (Å²) in [4.78, 5) is 28.8. The fourth-order valence-electron chi connectivity index (χ4n) is 4.70. The van der Waals surface area contributed by atoms with Crippen LogP contribution in [0.25, 0.3) is 10.4 Å². The number of ether oxygens (including phenoxy) is 1. The first-order valence-electron chi connectivity index (χ1n) is 11.5. The van der Waals surface area contributed by atoms with Crippen LogP contribution >= 0.6 is 0 Å². The topological polar surface area (TPSA) is 116 Å². The quantitative estimate of drug-likeness (QED) is 0.168. The van der Waals surface area contributed by atoms with E-state index < -0.39 is 5.97 Å². The number of likely N-dealkylation sites (tertiary alicyclic amines) is 1. The van der Waals surface area contributed by atoms with E-state index in [-0.39, 0.29) is 30.3 Å². The summed E-state index contributed by atoms with van der Waals surface area (Å²) in [7, 11) is 0. The minimum absolute atomic E-state index is 0.0961. The molecule has 1 heterocycles. The highest BCUT2D eigenvalue weighted by Gasteiger charge is 2.45. The molecule has 2 fully saturated rings. The van der Waals surface area contributed by atoms with Crippen LogP contribution in [0.2, 0.25) is 0 Å². The zero-order valence-corrected chi connectivity index (χ0v) is 18.4. The van der Waals surface area contributed by atoms with Gasteiger partial charge >= 0.3 is 5.97 Å².